The summed E-state index contributed by atoms with van der Waals surface area (Å²) in [5.41, 5.74) is 0.460. The molecular weight excluding hydrogens is 462 g/mol. The van der Waals surface area contributed by atoms with Crippen LogP contribution in [0.5, 0.6) is 0 Å². The van der Waals surface area contributed by atoms with Crippen LogP contribution in [-0.4, -0.2) is 39.7 Å². The number of fused-ring (bicyclic) bond motifs is 1. The molecule has 0 aliphatic carbocycles. The van der Waals surface area contributed by atoms with Crippen LogP contribution in [0.1, 0.15) is 13.3 Å². The Labute approximate surface area is 202 Å². The van der Waals surface area contributed by atoms with Crippen LogP contribution in [0.15, 0.2) is 28.4 Å². The van der Waals surface area contributed by atoms with Gasteiger partial charge < -0.3 is 20.1 Å². The van der Waals surface area contributed by atoms with Crippen molar-refractivity contribution >= 4 is 70.2 Å². The fourth-order valence-electron chi connectivity index (χ4n) is 2.64. The molecule has 2 aliphatic heterocycles. The molecule has 0 aromatic heterocycles. The van der Waals surface area contributed by atoms with Crippen molar-refractivity contribution in [3.63, 3.8) is 0 Å². The Balaban J connectivity index is 0.00000261. The van der Waals surface area contributed by atoms with Gasteiger partial charge in [-0.3, -0.25) is 4.79 Å². The average Bonchev–Trinajstić information content (AvgIpc) is 2.54. The normalized spacial score (nSPS) is 19.6. The molecule has 2 heterocycles. The van der Waals surface area contributed by atoms with Crippen molar-refractivity contribution in [2.75, 3.05) is 12.3 Å². The van der Waals surface area contributed by atoms with Gasteiger partial charge in [0.2, 0.25) is 5.91 Å². The predicted octanol–water partition coefficient (Wildman–Crippen LogP) is -0.0123. The van der Waals surface area contributed by atoms with Gasteiger partial charge in [0, 0.05) is 17.2 Å². The molecule has 3 rings (SSSR count). The van der Waals surface area contributed by atoms with Crippen LogP contribution in [0.2, 0.25) is 15.1 Å². The van der Waals surface area contributed by atoms with Crippen molar-refractivity contribution in [3.8, 4) is 0 Å². The number of aliphatic carboxylic acids is 1. The number of thioether (sulfide) groups is 2. The van der Waals surface area contributed by atoms with Gasteiger partial charge in [-0.1, -0.05) is 34.8 Å². The maximum absolute atomic E-state index is 12.5. The zero-order valence-electron chi connectivity index (χ0n) is 14.6. The van der Waals surface area contributed by atoms with Crippen molar-refractivity contribution in [2.45, 2.75) is 28.9 Å². The summed E-state index contributed by atoms with van der Waals surface area (Å²) in [6, 6.07) is 3.13. The first-order valence-electron chi connectivity index (χ1n) is 7.72. The van der Waals surface area contributed by atoms with Crippen LogP contribution in [-0.2, 0) is 9.59 Å². The molecule has 0 saturated carbocycles. The van der Waals surface area contributed by atoms with Gasteiger partial charge >= 0.3 is 29.6 Å². The number of nitrogens with one attached hydrogen (secondary N) is 1. The Hall–Kier alpha value is 0.270. The van der Waals surface area contributed by atoms with Crippen molar-refractivity contribution < 1.29 is 44.3 Å². The van der Waals surface area contributed by atoms with Crippen molar-refractivity contribution in [2.24, 2.45) is 0 Å². The summed E-state index contributed by atoms with van der Waals surface area (Å²) in [6.07, 6.45) is 0.935. The van der Waals surface area contributed by atoms with Gasteiger partial charge in [0.15, 0.2) is 0 Å². The molecule has 140 valence electrons. The molecule has 1 N–H and O–H groups in total. The molecule has 1 aromatic rings. The second kappa shape index (κ2) is 9.85. The molecule has 1 unspecified atom stereocenters. The smallest absolute Gasteiger partial charge is 0.543 e. The molecular formula is C16H14Cl3N2NaO3S2. The third-order valence-electron chi connectivity index (χ3n) is 4.07. The minimum atomic E-state index is -1.27. The zero-order chi connectivity index (χ0) is 19.0. The number of hydrogen-bond donors (Lipinski definition) is 1. The predicted molar refractivity (Wildman–Crippen MR) is 105 cm³/mol. The van der Waals surface area contributed by atoms with Gasteiger partial charge in [0.05, 0.1) is 43.1 Å². The van der Waals surface area contributed by atoms with E-state index >= 15 is 0 Å². The number of nitrogens with zero attached hydrogens (tertiary/aromatic N) is 1. The number of carboxylic acid groups (broad SMARTS) is 1. The molecule has 11 heteroatoms. The maximum Gasteiger partial charge on any atom is 1.00 e. The van der Waals surface area contributed by atoms with E-state index in [0.29, 0.717) is 38.0 Å². The van der Waals surface area contributed by atoms with Crippen LogP contribution in [0.25, 0.3) is 0 Å². The largest absolute Gasteiger partial charge is 1.00 e. The van der Waals surface area contributed by atoms with Gasteiger partial charge in [-0.25, -0.2) is 0 Å². The standard InChI is InChI=1S/C16H15Cl3N2O3S2.Na/c1-7(26-12-5-9(18)8(17)4-10(12)19)15(22)20-11-6-25-13-2-3-21(13)14(11)16(23)24;/h4-5,7,13H,2-3,6H2,1H3,(H,20,22)(H,23,24);/q;+1/p-1/t7-,13?;/m0./s1. The summed E-state index contributed by atoms with van der Waals surface area (Å²) in [7, 11) is 0. The average molecular weight is 476 g/mol. The minimum Gasteiger partial charge on any atom is -0.543 e. The Morgan fingerprint density at radius 2 is 1.96 bits per heavy atom. The summed E-state index contributed by atoms with van der Waals surface area (Å²) in [5.74, 6) is -1.15. The zero-order valence-corrected chi connectivity index (χ0v) is 20.5. The van der Waals surface area contributed by atoms with Crippen molar-refractivity contribution in [1.82, 2.24) is 10.2 Å². The Bertz CT molecular complexity index is 809. The van der Waals surface area contributed by atoms with E-state index in [1.807, 2.05) is 0 Å². The van der Waals surface area contributed by atoms with Gasteiger partial charge in [-0.2, -0.15) is 0 Å². The fraction of sp³-hybridized carbons (Fsp3) is 0.375. The minimum absolute atomic E-state index is 0. The van der Waals surface area contributed by atoms with Gasteiger partial charge in [0.1, 0.15) is 0 Å². The Morgan fingerprint density at radius 1 is 1.30 bits per heavy atom. The molecule has 1 amide bonds. The van der Waals surface area contributed by atoms with Gasteiger partial charge in [-0.05, 0) is 25.5 Å². The van der Waals surface area contributed by atoms with Crippen LogP contribution in [0.4, 0.5) is 0 Å². The van der Waals surface area contributed by atoms with E-state index in [-0.39, 0.29) is 46.5 Å². The van der Waals surface area contributed by atoms with Gasteiger partial charge in [-0.15, -0.1) is 23.5 Å². The van der Waals surface area contributed by atoms with Gasteiger partial charge in [0.25, 0.3) is 0 Å². The Kier molecular flexibility index (Phi) is 8.59. The maximum atomic E-state index is 12.5. The molecule has 0 spiro atoms. The monoisotopic (exact) mass is 474 g/mol. The number of benzene rings is 1. The molecule has 27 heavy (non-hydrogen) atoms. The van der Waals surface area contributed by atoms with Crippen LogP contribution in [0.3, 0.4) is 0 Å². The third kappa shape index (κ3) is 5.25. The van der Waals surface area contributed by atoms with E-state index < -0.39 is 11.2 Å². The summed E-state index contributed by atoms with van der Waals surface area (Å²) >= 11 is 20.9. The number of rotatable bonds is 5. The molecule has 2 aliphatic rings. The molecule has 2 atom stereocenters. The SMILES string of the molecule is C[C@H](Sc1cc(Cl)c(Cl)cc1Cl)C(=O)NC1=C(C(=O)[O-])N2CCC2SC1.[Na+]. The quantitative estimate of drug-likeness (QED) is 0.367. The van der Waals surface area contributed by atoms with E-state index in [1.54, 1.807) is 29.7 Å². The first kappa shape index (κ1) is 23.5. The molecule has 1 fully saturated rings. The number of halogens is 3. The number of hydrogen-bond acceptors (Lipinski definition) is 6. The molecule has 0 radical (unpaired) electrons. The topological polar surface area (TPSA) is 72.5 Å². The summed E-state index contributed by atoms with van der Waals surface area (Å²) < 4.78 is 0. The van der Waals surface area contributed by atoms with Crippen molar-refractivity contribution in [1.29, 1.82) is 0 Å². The van der Waals surface area contributed by atoms with Crippen LogP contribution < -0.4 is 40.0 Å². The van der Waals surface area contributed by atoms with Crippen LogP contribution >= 0.6 is 58.3 Å². The summed E-state index contributed by atoms with van der Waals surface area (Å²) in [5, 5.41) is 15.0. The number of amides is 1. The first-order chi connectivity index (χ1) is 12.3. The number of carboxylic acids is 1. The van der Waals surface area contributed by atoms with Crippen molar-refractivity contribution in [3.05, 3.63) is 38.6 Å². The molecule has 5 nitrogen and oxygen atoms in total. The van der Waals surface area contributed by atoms with E-state index in [9.17, 15) is 14.7 Å². The van der Waals surface area contributed by atoms with E-state index in [4.69, 9.17) is 34.8 Å². The van der Waals surface area contributed by atoms with E-state index in [2.05, 4.69) is 5.32 Å². The first-order valence-corrected chi connectivity index (χ1v) is 10.8. The van der Waals surface area contributed by atoms with Crippen LogP contribution in [0, 0.1) is 0 Å². The van der Waals surface area contributed by atoms with E-state index in [1.165, 1.54) is 17.8 Å². The molecule has 1 saturated heterocycles. The fourth-order valence-corrected chi connectivity index (χ4v) is 5.52. The third-order valence-corrected chi connectivity index (χ3v) is 7.71. The number of carbonyl (C=O) groups is 2. The van der Waals surface area contributed by atoms with E-state index in [0.717, 1.165) is 6.42 Å². The summed E-state index contributed by atoms with van der Waals surface area (Å²) in [4.78, 5) is 26.4. The molecule has 1 aromatic carbocycles. The number of carbonyl (C=O) groups excluding carboxylic acids is 2. The molecule has 0 bridgehead atoms. The second-order valence-electron chi connectivity index (χ2n) is 5.81. The second-order valence-corrected chi connectivity index (χ2v) is 9.58. The summed E-state index contributed by atoms with van der Waals surface area (Å²) in [6.45, 7) is 2.37. The Morgan fingerprint density at radius 3 is 2.56 bits per heavy atom.